The molecule has 1 aromatic rings. The van der Waals surface area contributed by atoms with Gasteiger partial charge in [-0.3, -0.25) is 9.59 Å². The fourth-order valence-electron chi connectivity index (χ4n) is 3.59. The van der Waals surface area contributed by atoms with E-state index in [4.69, 9.17) is 15.2 Å². The summed E-state index contributed by atoms with van der Waals surface area (Å²) in [5.41, 5.74) is 6.79. The van der Waals surface area contributed by atoms with Crippen LogP contribution in [-0.2, 0) is 20.8 Å². The number of nitrogens with one attached hydrogen (secondary N) is 2. The van der Waals surface area contributed by atoms with Crippen molar-refractivity contribution in [3.05, 3.63) is 35.4 Å². The minimum atomic E-state index is -0.547. The molecule has 7 nitrogen and oxygen atoms in total. The van der Waals surface area contributed by atoms with E-state index in [0.29, 0.717) is 51.3 Å². The summed E-state index contributed by atoms with van der Waals surface area (Å²) >= 11 is 0. The molecule has 2 aliphatic rings. The van der Waals surface area contributed by atoms with Crippen molar-refractivity contribution in [2.24, 2.45) is 11.1 Å². The minimum absolute atomic E-state index is 0. The number of benzene rings is 1. The molecule has 0 saturated carbocycles. The SMILES string of the molecule is Cl.NCC1(C(=O)NCc2cccc(C(=O)NCC3CCCO3)c2)CCOCC1. The Morgan fingerprint density at radius 3 is 2.64 bits per heavy atom. The summed E-state index contributed by atoms with van der Waals surface area (Å²) in [6.45, 7) is 3.10. The van der Waals surface area contributed by atoms with Gasteiger partial charge in [0.15, 0.2) is 0 Å². The van der Waals surface area contributed by atoms with Crippen molar-refractivity contribution in [2.75, 3.05) is 32.9 Å². The zero-order valence-electron chi connectivity index (χ0n) is 16.1. The monoisotopic (exact) mass is 411 g/mol. The van der Waals surface area contributed by atoms with E-state index in [1.54, 1.807) is 6.07 Å². The van der Waals surface area contributed by atoms with Crippen molar-refractivity contribution in [3.8, 4) is 0 Å². The van der Waals surface area contributed by atoms with Crippen LogP contribution in [0.25, 0.3) is 0 Å². The predicted octanol–water partition coefficient (Wildman–Crippen LogP) is 1.39. The summed E-state index contributed by atoms with van der Waals surface area (Å²) in [6, 6.07) is 7.31. The van der Waals surface area contributed by atoms with Crippen LogP contribution in [0.4, 0.5) is 0 Å². The number of rotatable bonds is 7. The first-order valence-corrected chi connectivity index (χ1v) is 9.68. The second-order valence-electron chi connectivity index (χ2n) is 7.32. The topological polar surface area (TPSA) is 103 Å². The van der Waals surface area contributed by atoms with E-state index < -0.39 is 5.41 Å². The number of halogens is 1. The molecule has 0 radical (unpaired) electrons. The maximum atomic E-state index is 12.7. The highest BCUT2D eigenvalue weighted by molar-refractivity contribution is 5.94. The van der Waals surface area contributed by atoms with Crippen LogP contribution in [0.15, 0.2) is 24.3 Å². The standard InChI is InChI=1S/C20H29N3O4.ClH/c21-14-20(6-9-26-10-7-20)19(25)23-12-15-3-1-4-16(11-15)18(24)22-13-17-5-2-8-27-17;/h1,3-4,11,17H,2,5-10,12-14,21H2,(H,22,24)(H,23,25);1H. The van der Waals surface area contributed by atoms with Gasteiger partial charge >= 0.3 is 0 Å². The van der Waals surface area contributed by atoms with Gasteiger partial charge in [0, 0.05) is 45.0 Å². The molecule has 1 unspecified atom stereocenters. The molecule has 2 heterocycles. The normalized spacial score (nSPS) is 20.8. The lowest BCUT2D eigenvalue weighted by Gasteiger charge is -2.34. The van der Waals surface area contributed by atoms with Gasteiger partial charge in [-0.2, -0.15) is 0 Å². The molecule has 0 aromatic heterocycles. The molecule has 2 saturated heterocycles. The quantitative estimate of drug-likeness (QED) is 0.629. The molecule has 2 aliphatic heterocycles. The number of carbonyl (C=O) groups excluding carboxylic acids is 2. The van der Waals surface area contributed by atoms with Gasteiger partial charge < -0.3 is 25.8 Å². The lowest BCUT2D eigenvalue weighted by Crippen LogP contribution is -2.48. The number of carbonyl (C=O) groups is 2. The van der Waals surface area contributed by atoms with Crippen molar-refractivity contribution in [1.29, 1.82) is 0 Å². The summed E-state index contributed by atoms with van der Waals surface area (Å²) in [6.07, 6.45) is 3.43. The fraction of sp³-hybridized carbons (Fsp3) is 0.600. The third kappa shape index (κ3) is 5.67. The summed E-state index contributed by atoms with van der Waals surface area (Å²) in [5, 5.41) is 5.90. The third-order valence-electron chi connectivity index (χ3n) is 5.48. The van der Waals surface area contributed by atoms with Crippen LogP contribution in [0.1, 0.15) is 41.6 Å². The minimum Gasteiger partial charge on any atom is -0.381 e. The van der Waals surface area contributed by atoms with E-state index in [2.05, 4.69) is 10.6 Å². The summed E-state index contributed by atoms with van der Waals surface area (Å²) in [5.74, 6) is -0.164. The van der Waals surface area contributed by atoms with Gasteiger partial charge in [-0.25, -0.2) is 0 Å². The maximum Gasteiger partial charge on any atom is 0.251 e. The fourth-order valence-corrected chi connectivity index (χ4v) is 3.59. The highest BCUT2D eigenvalue weighted by atomic mass is 35.5. The highest BCUT2D eigenvalue weighted by Crippen LogP contribution is 2.29. The van der Waals surface area contributed by atoms with Gasteiger partial charge in [-0.15, -0.1) is 12.4 Å². The zero-order chi connectivity index (χ0) is 19.1. The Morgan fingerprint density at radius 1 is 1.18 bits per heavy atom. The highest BCUT2D eigenvalue weighted by Gasteiger charge is 2.38. The Hall–Kier alpha value is -1.67. The Bertz CT molecular complexity index is 659. The van der Waals surface area contributed by atoms with Crippen LogP contribution in [0.3, 0.4) is 0 Å². The number of amides is 2. The number of ether oxygens (including phenoxy) is 2. The van der Waals surface area contributed by atoms with Crippen LogP contribution in [0.5, 0.6) is 0 Å². The van der Waals surface area contributed by atoms with Crippen molar-refractivity contribution in [2.45, 2.75) is 38.3 Å². The first-order chi connectivity index (χ1) is 13.1. The van der Waals surface area contributed by atoms with Gasteiger partial charge in [0.1, 0.15) is 0 Å². The zero-order valence-corrected chi connectivity index (χ0v) is 16.9. The Kier molecular flexibility index (Phi) is 8.69. The lowest BCUT2D eigenvalue weighted by molar-refractivity contribution is -0.136. The first-order valence-electron chi connectivity index (χ1n) is 9.68. The Balaban J connectivity index is 0.00000280. The van der Waals surface area contributed by atoms with Gasteiger partial charge in [0.2, 0.25) is 5.91 Å². The largest absolute Gasteiger partial charge is 0.381 e. The van der Waals surface area contributed by atoms with Crippen molar-refractivity contribution in [3.63, 3.8) is 0 Å². The van der Waals surface area contributed by atoms with Crippen LogP contribution < -0.4 is 16.4 Å². The average molecular weight is 412 g/mol. The van der Waals surface area contributed by atoms with Gasteiger partial charge in [-0.1, -0.05) is 12.1 Å². The molecule has 2 amide bonds. The second kappa shape index (κ2) is 10.8. The van der Waals surface area contributed by atoms with E-state index in [-0.39, 0.29) is 30.3 Å². The predicted molar refractivity (Wildman–Crippen MR) is 108 cm³/mol. The number of hydrogen-bond acceptors (Lipinski definition) is 5. The van der Waals surface area contributed by atoms with Crippen molar-refractivity contribution < 1.29 is 19.1 Å². The molecule has 2 fully saturated rings. The van der Waals surface area contributed by atoms with Gasteiger partial charge in [-0.05, 0) is 43.4 Å². The summed E-state index contributed by atoms with van der Waals surface area (Å²) in [4.78, 5) is 25.0. The van der Waals surface area contributed by atoms with E-state index in [1.165, 1.54) is 0 Å². The molecule has 0 bridgehead atoms. The first kappa shape index (κ1) is 22.6. The summed E-state index contributed by atoms with van der Waals surface area (Å²) in [7, 11) is 0. The van der Waals surface area contributed by atoms with Crippen molar-refractivity contribution in [1.82, 2.24) is 10.6 Å². The van der Waals surface area contributed by atoms with Crippen LogP contribution in [0, 0.1) is 5.41 Å². The number of nitrogens with two attached hydrogens (primary N) is 1. The summed E-state index contributed by atoms with van der Waals surface area (Å²) < 4.78 is 10.9. The second-order valence-corrected chi connectivity index (χ2v) is 7.32. The Morgan fingerprint density at radius 2 is 1.96 bits per heavy atom. The molecule has 1 atom stereocenters. The van der Waals surface area contributed by atoms with E-state index in [9.17, 15) is 9.59 Å². The van der Waals surface area contributed by atoms with Crippen LogP contribution in [0.2, 0.25) is 0 Å². The molecule has 0 spiro atoms. The van der Waals surface area contributed by atoms with Crippen LogP contribution >= 0.6 is 12.4 Å². The smallest absolute Gasteiger partial charge is 0.251 e. The third-order valence-corrected chi connectivity index (χ3v) is 5.48. The lowest BCUT2D eigenvalue weighted by atomic mass is 9.79. The van der Waals surface area contributed by atoms with E-state index in [1.807, 2.05) is 18.2 Å². The van der Waals surface area contributed by atoms with Gasteiger partial charge in [0.05, 0.1) is 11.5 Å². The number of hydrogen-bond donors (Lipinski definition) is 3. The molecule has 4 N–H and O–H groups in total. The molecule has 156 valence electrons. The van der Waals surface area contributed by atoms with E-state index >= 15 is 0 Å². The molecule has 3 rings (SSSR count). The molecule has 8 heteroatoms. The molecular formula is C20H30ClN3O4. The average Bonchev–Trinajstić information content (AvgIpc) is 3.24. The molecule has 0 aliphatic carbocycles. The maximum absolute atomic E-state index is 12.7. The van der Waals surface area contributed by atoms with E-state index in [0.717, 1.165) is 25.0 Å². The van der Waals surface area contributed by atoms with Crippen molar-refractivity contribution >= 4 is 24.2 Å². The van der Waals surface area contributed by atoms with Gasteiger partial charge in [0.25, 0.3) is 5.91 Å². The molecular weight excluding hydrogens is 382 g/mol. The Labute approximate surface area is 172 Å². The van der Waals surface area contributed by atoms with Crippen LogP contribution in [-0.4, -0.2) is 50.8 Å². The molecule has 1 aromatic carbocycles. The molecule has 28 heavy (non-hydrogen) atoms.